The molecule has 0 bridgehead atoms. The summed E-state index contributed by atoms with van der Waals surface area (Å²) >= 11 is 0. The van der Waals surface area contributed by atoms with E-state index in [0.29, 0.717) is 30.0 Å². The molecule has 0 aliphatic heterocycles. The third-order valence-electron chi connectivity index (χ3n) is 8.56. The van der Waals surface area contributed by atoms with Gasteiger partial charge in [0, 0.05) is 40.7 Å². The molecule has 1 amide bonds. The van der Waals surface area contributed by atoms with Crippen LogP contribution in [0.15, 0.2) is 90.5 Å². The van der Waals surface area contributed by atoms with Gasteiger partial charge >= 0.3 is 5.97 Å². The van der Waals surface area contributed by atoms with Crippen LogP contribution >= 0.6 is 0 Å². The van der Waals surface area contributed by atoms with Crippen LogP contribution in [0.4, 0.5) is 0 Å². The van der Waals surface area contributed by atoms with Crippen LogP contribution in [0.2, 0.25) is 0 Å². The molecule has 4 rings (SSSR count). The molecule has 44 heavy (non-hydrogen) atoms. The van der Waals surface area contributed by atoms with Gasteiger partial charge in [-0.05, 0) is 79.1 Å². The van der Waals surface area contributed by atoms with Gasteiger partial charge < -0.3 is 15.0 Å². The first-order chi connectivity index (χ1) is 21.1. The van der Waals surface area contributed by atoms with Crippen molar-refractivity contribution in [3.63, 3.8) is 0 Å². The first kappa shape index (κ1) is 32.5. The summed E-state index contributed by atoms with van der Waals surface area (Å²) in [4.78, 5) is 25.2. The number of benzene rings is 3. The lowest BCUT2D eigenvalue weighted by Crippen LogP contribution is -2.28. The number of aryl methyl sites for hydroxylation is 1. The van der Waals surface area contributed by atoms with Gasteiger partial charge in [-0.1, -0.05) is 100 Å². The fourth-order valence-electron chi connectivity index (χ4n) is 5.68. The van der Waals surface area contributed by atoms with Crippen LogP contribution in [0.3, 0.4) is 0 Å². The summed E-state index contributed by atoms with van der Waals surface area (Å²) in [5.74, 6) is -0.516. The van der Waals surface area contributed by atoms with E-state index in [1.807, 2.05) is 37.3 Å². The highest BCUT2D eigenvalue weighted by atomic mass is 16.4. The highest BCUT2D eigenvalue weighted by molar-refractivity contribution is 5.99. The molecule has 0 spiro atoms. The number of carbonyl (C=O) groups is 2. The zero-order valence-electron chi connectivity index (χ0n) is 27.0. The highest BCUT2D eigenvalue weighted by Crippen LogP contribution is 2.29. The van der Waals surface area contributed by atoms with Crippen molar-refractivity contribution in [3.05, 3.63) is 130 Å². The fourth-order valence-corrected chi connectivity index (χ4v) is 5.68. The van der Waals surface area contributed by atoms with Crippen molar-refractivity contribution in [3.8, 4) is 0 Å². The van der Waals surface area contributed by atoms with Gasteiger partial charge in [0.2, 0.25) is 0 Å². The van der Waals surface area contributed by atoms with E-state index in [0.717, 1.165) is 52.5 Å². The summed E-state index contributed by atoms with van der Waals surface area (Å²) in [5.41, 5.74) is 8.99. The summed E-state index contributed by atoms with van der Waals surface area (Å²) < 4.78 is 2.29. The van der Waals surface area contributed by atoms with E-state index in [1.54, 1.807) is 12.2 Å². The first-order valence-corrected chi connectivity index (χ1v) is 15.8. The average Bonchev–Trinajstić information content (AvgIpc) is 3.25. The number of allylic oxidation sites excluding steroid dienone is 3. The number of nitrogens with zero attached hydrogens (tertiary/aromatic N) is 1. The van der Waals surface area contributed by atoms with Crippen LogP contribution in [-0.2, 0) is 17.8 Å². The van der Waals surface area contributed by atoms with Gasteiger partial charge in [-0.2, -0.15) is 0 Å². The molecular weight excluding hydrogens is 544 g/mol. The second kappa shape index (κ2) is 14.9. The standard InChI is InChI=1S/C39H46N2O3/c1-7-9-12-34(39(43)44)22-29-16-18-30(19-17-29)25-41-28(6)27(5)35-24-33(20-21-37(35)41)38(42)40-36(15-10-8-2)32-14-11-13-31(23-32)26(3)4/h7,9,11-14,16-21,23-24,26,36H,8,10,15,22,25H2,1-6H3,(H,40,42)(H,43,44). The van der Waals surface area contributed by atoms with Crippen molar-refractivity contribution in [2.75, 3.05) is 0 Å². The Kier molecular flexibility index (Phi) is 11.0. The number of aliphatic carboxylic acids is 1. The Hall–Kier alpha value is -4.38. The number of hydrogen-bond acceptors (Lipinski definition) is 2. The predicted molar refractivity (Wildman–Crippen MR) is 181 cm³/mol. The molecule has 2 N–H and O–H groups in total. The van der Waals surface area contributed by atoms with E-state index < -0.39 is 5.97 Å². The summed E-state index contributed by atoms with van der Waals surface area (Å²) in [7, 11) is 0. The fraction of sp³-hybridized carbons (Fsp3) is 0.333. The third-order valence-corrected chi connectivity index (χ3v) is 8.56. The van der Waals surface area contributed by atoms with Gasteiger partial charge in [0.1, 0.15) is 0 Å². The molecular formula is C39H46N2O3. The molecule has 230 valence electrons. The maximum absolute atomic E-state index is 13.6. The number of aromatic nitrogens is 1. The number of carboxylic acids is 1. The topological polar surface area (TPSA) is 71.3 Å². The lowest BCUT2D eigenvalue weighted by Gasteiger charge is -2.21. The van der Waals surface area contributed by atoms with Crippen LogP contribution in [0.1, 0.15) is 103 Å². The number of rotatable bonds is 13. The number of carbonyl (C=O) groups excluding carboxylic acids is 1. The van der Waals surface area contributed by atoms with E-state index in [4.69, 9.17) is 0 Å². The number of amides is 1. The molecule has 5 heteroatoms. The second-order valence-electron chi connectivity index (χ2n) is 12.0. The number of fused-ring (bicyclic) bond motifs is 1. The zero-order valence-corrected chi connectivity index (χ0v) is 27.0. The predicted octanol–water partition coefficient (Wildman–Crippen LogP) is 9.22. The molecule has 1 unspecified atom stereocenters. The van der Waals surface area contributed by atoms with Crippen LogP contribution < -0.4 is 5.32 Å². The van der Waals surface area contributed by atoms with Crippen molar-refractivity contribution in [1.29, 1.82) is 0 Å². The Morgan fingerprint density at radius 2 is 1.66 bits per heavy atom. The average molecular weight is 591 g/mol. The summed E-state index contributed by atoms with van der Waals surface area (Å²) in [6.45, 7) is 13.4. The molecule has 3 aromatic carbocycles. The van der Waals surface area contributed by atoms with Gasteiger partial charge in [-0.15, -0.1) is 0 Å². The monoisotopic (exact) mass is 590 g/mol. The Balaban J connectivity index is 1.55. The van der Waals surface area contributed by atoms with Crippen molar-refractivity contribution >= 4 is 22.8 Å². The van der Waals surface area contributed by atoms with Crippen LogP contribution in [0.5, 0.6) is 0 Å². The summed E-state index contributed by atoms with van der Waals surface area (Å²) in [6, 6.07) is 22.7. The van der Waals surface area contributed by atoms with Crippen LogP contribution in [0.25, 0.3) is 10.9 Å². The molecule has 1 heterocycles. The van der Waals surface area contributed by atoms with Crippen LogP contribution in [-0.4, -0.2) is 21.6 Å². The van der Waals surface area contributed by atoms with Gasteiger partial charge in [-0.3, -0.25) is 4.79 Å². The zero-order chi connectivity index (χ0) is 31.8. The molecule has 0 saturated heterocycles. The highest BCUT2D eigenvalue weighted by Gasteiger charge is 2.19. The smallest absolute Gasteiger partial charge is 0.331 e. The molecule has 0 aliphatic carbocycles. The van der Waals surface area contributed by atoms with Crippen molar-refractivity contribution < 1.29 is 14.7 Å². The molecule has 0 aliphatic rings. The van der Waals surface area contributed by atoms with E-state index in [-0.39, 0.29) is 11.9 Å². The third kappa shape index (κ3) is 7.76. The normalized spacial score (nSPS) is 12.8. The van der Waals surface area contributed by atoms with Crippen molar-refractivity contribution in [2.45, 2.75) is 85.7 Å². The maximum atomic E-state index is 13.6. The first-order valence-electron chi connectivity index (χ1n) is 15.8. The lowest BCUT2D eigenvalue weighted by molar-refractivity contribution is -0.132. The van der Waals surface area contributed by atoms with E-state index in [9.17, 15) is 14.7 Å². The Labute approximate surface area is 262 Å². The second-order valence-corrected chi connectivity index (χ2v) is 12.0. The molecule has 0 saturated carbocycles. The number of unbranched alkanes of at least 4 members (excludes halogenated alkanes) is 1. The summed E-state index contributed by atoms with van der Waals surface area (Å²) in [5, 5.41) is 13.9. The number of carboxylic acid groups (broad SMARTS) is 1. The minimum atomic E-state index is -0.901. The Morgan fingerprint density at radius 1 is 0.955 bits per heavy atom. The molecule has 5 nitrogen and oxygen atoms in total. The van der Waals surface area contributed by atoms with Crippen molar-refractivity contribution in [1.82, 2.24) is 9.88 Å². The molecule has 0 fully saturated rings. The van der Waals surface area contributed by atoms with E-state index >= 15 is 0 Å². The molecule has 4 aromatic rings. The van der Waals surface area contributed by atoms with Gasteiger partial charge in [-0.25, -0.2) is 4.79 Å². The van der Waals surface area contributed by atoms with Crippen molar-refractivity contribution in [2.24, 2.45) is 0 Å². The Morgan fingerprint density at radius 3 is 2.32 bits per heavy atom. The van der Waals surface area contributed by atoms with Gasteiger partial charge in [0.15, 0.2) is 0 Å². The molecule has 0 radical (unpaired) electrons. The quantitative estimate of drug-likeness (QED) is 0.120. The van der Waals surface area contributed by atoms with E-state index in [1.165, 1.54) is 11.1 Å². The minimum absolute atomic E-state index is 0.0302. The largest absolute Gasteiger partial charge is 0.478 e. The molecule has 1 aromatic heterocycles. The maximum Gasteiger partial charge on any atom is 0.331 e. The summed E-state index contributed by atoms with van der Waals surface area (Å²) in [6.07, 6.45) is 8.63. The van der Waals surface area contributed by atoms with E-state index in [2.05, 4.69) is 87.0 Å². The number of nitrogens with one attached hydrogen (secondary N) is 1. The van der Waals surface area contributed by atoms with Gasteiger partial charge in [0.05, 0.1) is 6.04 Å². The number of hydrogen-bond donors (Lipinski definition) is 2. The van der Waals surface area contributed by atoms with Gasteiger partial charge in [0.25, 0.3) is 5.91 Å². The lowest BCUT2D eigenvalue weighted by atomic mass is 9.95. The SMILES string of the molecule is CC=CC=C(Cc1ccc(Cn2c(C)c(C)c3cc(C(=O)NC(CCCC)c4cccc(C(C)C)c4)ccc32)cc1)C(=O)O. The Bertz CT molecular complexity index is 1670. The molecule has 1 atom stereocenters. The van der Waals surface area contributed by atoms with Crippen LogP contribution in [0, 0.1) is 13.8 Å². The minimum Gasteiger partial charge on any atom is -0.478 e.